The quantitative estimate of drug-likeness (QED) is 0.725. The number of hydrogen-bond donors (Lipinski definition) is 0. The van der Waals surface area contributed by atoms with Gasteiger partial charge >= 0.3 is 0 Å². The van der Waals surface area contributed by atoms with Crippen molar-refractivity contribution in [2.24, 2.45) is 0 Å². The van der Waals surface area contributed by atoms with Gasteiger partial charge in [-0.3, -0.25) is 4.79 Å². The smallest absolute Gasteiger partial charge is 0.264 e. The molecule has 3 aromatic rings. The highest BCUT2D eigenvalue weighted by atomic mass is 32.1. The maximum Gasteiger partial charge on any atom is 0.264 e. The van der Waals surface area contributed by atoms with Crippen molar-refractivity contribution in [3.8, 4) is 0 Å². The van der Waals surface area contributed by atoms with Crippen molar-refractivity contribution >= 4 is 44.6 Å². The Balaban J connectivity index is 1.50. The number of aromatic nitrogens is 2. The second-order valence-corrected chi connectivity index (χ2v) is 6.94. The molecule has 0 atom stereocenters. The fraction of sp³-hybridized carbons (Fsp3) is 0.267. The Morgan fingerprint density at radius 1 is 1.05 bits per heavy atom. The summed E-state index contributed by atoms with van der Waals surface area (Å²) in [4.78, 5) is 27.1. The first-order valence-corrected chi connectivity index (χ1v) is 8.85. The number of rotatable bonds is 2. The zero-order valence-corrected chi connectivity index (χ0v) is 13.4. The van der Waals surface area contributed by atoms with Crippen molar-refractivity contribution in [2.45, 2.75) is 0 Å². The van der Waals surface area contributed by atoms with E-state index in [4.69, 9.17) is 0 Å². The number of carbonyl (C=O) groups excluding carboxylic acids is 1. The van der Waals surface area contributed by atoms with Gasteiger partial charge in [0.15, 0.2) is 0 Å². The van der Waals surface area contributed by atoms with Gasteiger partial charge < -0.3 is 9.80 Å². The van der Waals surface area contributed by atoms with E-state index in [1.807, 2.05) is 27.8 Å². The van der Waals surface area contributed by atoms with Crippen molar-refractivity contribution in [1.82, 2.24) is 14.9 Å². The van der Waals surface area contributed by atoms with Crippen molar-refractivity contribution in [3.05, 3.63) is 40.2 Å². The average Bonchev–Trinajstić information content (AvgIpc) is 3.25. The first-order chi connectivity index (χ1) is 10.8. The lowest BCUT2D eigenvalue weighted by atomic mass is 10.2. The summed E-state index contributed by atoms with van der Waals surface area (Å²) in [7, 11) is 0. The largest absolute Gasteiger partial charge is 0.352 e. The topological polar surface area (TPSA) is 49.3 Å². The summed E-state index contributed by atoms with van der Waals surface area (Å²) in [5.74, 6) is 1.12. The fourth-order valence-electron chi connectivity index (χ4n) is 2.71. The van der Waals surface area contributed by atoms with Crippen LogP contribution in [0.5, 0.6) is 0 Å². The summed E-state index contributed by atoms with van der Waals surface area (Å²) in [5.41, 5.74) is 0. The third kappa shape index (κ3) is 2.36. The Hall–Kier alpha value is -1.99. The van der Waals surface area contributed by atoms with Gasteiger partial charge in [-0.15, -0.1) is 22.7 Å². The van der Waals surface area contributed by atoms with Gasteiger partial charge in [-0.2, -0.15) is 0 Å². The summed E-state index contributed by atoms with van der Waals surface area (Å²) in [6.45, 7) is 3.07. The van der Waals surface area contributed by atoms with Crippen LogP contribution in [-0.2, 0) is 0 Å². The van der Waals surface area contributed by atoms with Gasteiger partial charge in [0.25, 0.3) is 5.91 Å². The molecule has 0 aliphatic carbocycles. The lowest BCUT2D eigenvalue weighted by Crippen LogP contribution is -2.49. The molecule has 4 rings (SSSR count). The molecule has 0 bridgehead atoms. The number of thiophene rings is 2. The molecule has 1 aliphatic heterocycles. The first-order valence-electron chi connectivity index (χ1n) is 7.09. The van der Waals surface area contributed by atoms with E-state index < -0.39 is 0 Å². The third-order valence-electron chi connectivity index (χ3n) is 3.84. The van der Waals surface area contributed by atoms with Gasteiger partial charge in [-0.25, -0.2) is 9.97 Å². The number of amides is 1. The molecule has 4 heterocycles. The molecule has 0 spiro atoms. The van der Waals surface area contributed by atoms with Crippen LogP contribution in [0.4, 0.5) is 5.82 Å². The third-order valence-corrected chi connectivity index (χ3v) is 5.52. The van der Waals surface area contributed by atoms with Crippen molar-refractivity contribution in [1.29, 1.82) is 0 Å². The van der Waals surface area contributed by atoms with Crippen molar-refractivity contribution in [3.63, 3.8) is 0 Å². The van der Waals surface area contributed by atoms with Crippen LogP contribution < -0.4 is 4.90 Å². The maximum absolute atomic E-state index is 12.4. The number of nitrogens with zero attached hydrogens (tertiary/aromatic N) is 4. The summed E-state index contributed by atoms with van der Waals surface area (Å²) >= 11 is 3.13. The minimum atomic E-state index is 0.137. The van der Waals surface area contributed by atoms with Crippen LogP contribution in [-0.4, -0.2) is 47.0 Å². The number of fused-ring (bicyclic) bond motifs is 1. The molecule has 1 fully saturated rings. The number of carbonyl (C=O) groups is 1. The number of piperazine rings is 1. The summed E-state index contributed by atoms with van der Waals surface area (Å²) in [6, 6.07) is 5.87. The molecule has 0 aromatic carbocycles. The second-order valence-electron chi connectivity index (χ2n) is 5.09. The molecule has 0 saturated carbocycles. The van der Waals surface area contributed by atoms with Crippen molar-refractivity contribution < 1.29 is 4.79 Å². The van der Waals surface area contributed by atoms with E-state index in [-0.39, 0.29) is 5.91 Å². The Morgan fingerprint density at radius 2 is 1.91 bits per heavy atom. The summed E-state index contributed by atoms with van der Waals surface area (Å²) < 4.78 is 0. The number of hydrogen-bond acceptors (Lipinski definition) is 6. The van der Waals surface area contributed by atoms with E-state index in [9.17, 15) is 4.79 Å². The SMILES string of the molecule is O=C(c1cccs1)N1CCN(c2ncnc3sccc23)CC1. The van der Waals surface area contributed by atoms with Gasteiger partial charge in [0.05, 0.1) is 10.3 Å². The van der Waals surface area contributed by atoms with E-state index in [0.717, 1.165) is 47.1 Å². The standard InChI is InChI=1S/C15H14N4OS2/c20-15(12-2-1-8-21-12)19-6-4-18(5-7-19)13-11-3-9-22-14(11)17-10-16-13/h1-3,8-10H,4-7H2. The van der Waals surface area contributed by atoms with Crippen LogP contribution >= 0.6 is 22.7 Å². The van der Waals surface area contributed by atoms with Crippen LogP contribution in [0.3, 0.4) is 0 Å². The zero-order chi connectivity index (χ0) is 14.9. The minimum absolute atomic E-state index is 0.137. The fourth-order valence-corrected chi connectivity index (χ4v) is 4.12. The predicted octanol–water partition coefficient (Wildman–Crippen LogP) is 2.72. The van der Waals surface area contributed by atoms with Gasteiger partial charge in [0, 0.05) is 26.2 Å². The molecule has 0 unspecified atom stereocenters. The van der Waals surface area contributed by atoms with Gasteiger partial charge in [-0.05, 0) is 22.9 Å². The predicted molar refractivity (Wildman–Crippen MR) is 89.9 cm³/mol. The van der Waals surface area contributed by atoms with Crippen LogP contribution in [0.2, 0.25) is 0 Å². The Morgan fingerprint density at radius 3 is 2.68 bits per heavy atom. The molecule has 5 nitrogen and oxygen atoms in total. The van der Waals surface area contributed by atoms with E-state index in [0.29, 0.717) is 0 Å². The molecule has 3 aromatic heterocycles. The number of anilines is 1. The summed E-state index contributed by atoms with van der Waals surface area (Å²) in [5, 5.41) is 5.09. The van der Waals surface area contributed by atoms with E-state index >= 15 is 0 Å². The second kappa shape index (κ2) is 5.66. The molecule has 1 aliphatic rings. The lowest BCUT2D eigenvalue weighted by Gasteiger charge is -2.35. The highest BCUT2D eigenvalue weighted by molar-refractivity contribution is 7.16. The normalized spacial score (nSPS) is 15.5. The Labute approximate surface area is 135 Å². The molecular weight excluding hydrogens is 316 g/mol. The highest BCUT2D eigenvalue weighted by Crippen LogP contribution is 2.27. The van der Waals surface area contributed by atoms with Crippen LogP contribution in [0, 0.1) is 0 Å². The van der Waals surface area contributed by atoms with E-state index in [2.05, 4.69) is 20.9 Å². The van der Waals surface area contributed by atoms with Crippen LogP contribution in [0.15, 0.2) is 35.3 Å². The lowest BCUT2D eigenvalue weighted by molar-refractivity contribution is 0.0751. The molecular formula is C15H14N4OS2. The van der Waals surface area contributed by atoms with Gasteiger partial charge in [0.2, 0.25) is 0 Å². The van der Waals surface area contributed by atoms with Crippen molar-refractivity contribution in [2.75, 3.05) is 31.1 Å². The molecule has 0 N–H and O–H groups in total. The highest BCUT2D eigenvalue weighted by Gasteiger charge is 2.24. The summed E-state index contributed by atoms with van der Waals surface area (Å²) in [6.07, 6.45) is 1.62. The Kier molecular flexibility index (Phi) is 3.51. The van der Waals surface area contributed by atoms with Gasteiger partial charge in [0.1, 0.15) is 17.0 Å². The van der Waals surface area contributed by atoms with E-state index in [1.165, 1.54) is 11.3 Å². The molecule has 22 heavy (non-hydrogen) atoms. The molecule has 112 valence electrons. The van der Waals surface area contributed by atoms with Crippen LogP contribution in [0.1, 0.15) is 9.67 Å². The molecule has 1 saturated heterocycles. The molecule has 7 heteroatoms. The van der Waals surface area contributed by atoms with Crippen LogP contribution in [0.25, 0.3) is 10.2 Å². The molecule has 1 amide bonds. The first kappa shape index (κ1) is 13.7. The zero-order valence-electron chi connectivity index (χ0n) is 11.8. The Bertz CT molecular complexity index is 791. The monoisotopic (exact) mass is 330 g/mol. The van der Waals surface area contributed by atoms with E-state index in [1.54, 1.807) is 17.7 Å². The minimum Gasteiger partial charge on any atom is -0.352 e. The van der Waals surface area contributed by atoms with Gasteiger partial charge in [-0.1, -0.05) is 6.07 Å². The average molecular weight is 330 g/mol. The maximum atomic E-state index is 12.4. The molecule has 0 radical (unpaired) electrons.